The van der Waals surface area contributed by atoms with E-state index in [1.165, 1.54) is 17.0 Å². The first kappa shape index (κ1) is 22.4. The highest BCUT2D eigenvalue weighted by molar-refractivity contribution is 7.92. The van der Waals surface area contributed by atoms with Crippen LogP contribution in [0.1, 0.15) is 58.6 Å². The van der Waals surface area contributed by atoms with Gasteiger partial charge in [-0.25, -0.2) is 13.2 Å². The molecule has 1 aliphatic heterocycles. The Balaban J connectivity index is 2.10. The Kier molecular flexibility index (Phi) is 6.04. The number of carbonyl (C=O) groups excluding carboxylic acids is 2. The second kappa shape index (κ2) is 8.09. The number of nitrogens with two attached hydrogens (primary N) is 1. The topological polar surface area (TPSA) is 116 Å². The molecular weight excluding hydrogens is 408 g/mol. The molecule has 1 heterocycles. The van der Waals surface area contributed by atoms with E-state index in [9.17, 15) is 18.0 Å². The van der Waals surface area contributed by atoms with Gasteiger partial charge in [-0.1, -0.05) is 0 Å². The lowest BCUT2D eigenvalue weighted by atomic mass is 9.93. The van der Waals surface area contributed by atoms with Crippen molar-refractivity contribution in [2.45, 2.75) is 68.7 Å². The second-order valence-electron chi connectivity index (χ2n) is 8.81. The van der Waals surface area contributed by atoms with Crippen LogP contribution in [0.3, 0.4) is 0 Å². The van der Waals surface area contributed by atoms with Gasteiger partial charge in [0.1, 0.15) is 5.60 Å². The average molecular weight is 439 g/mol. The molecule has 0 radical (unpaired) electrons. The number of hydrogen-bond acceptors (Lipinski definition) is 7. The fourth-order valence-corrected chi connectivity index (χ4v) is 5.70. The lowest BCUT2D eigenvalue weighted by Gasteiger charge is -2.31. The van der Waals surface area contributed by atoms with Crippen LogP contribution < -0.4 is 5.73 Å². The van der Waals surface area contributed by atoms with E-state index in [1.807, 2.05) is 0 Å². The molecule has 166 valence electrons. The Bertz CT molecular complexity index is 933. The van der Waals surface area contributed by atoms with Crippen LogP contribution in [-0.2, 0) is 24.1 Å². The van der Waals surface area contributed by atoms with E-state index in [4.69, 9.17) is 15.2 Å². The van der Waals surface area contributed by atoms with Crippen LogP contribution in [0, 0.1) is 5.92 Å². The fraction of sp³-hybridized carbons (Fsp3) is 0.619. The summed E-state index contributed by atoms with van der Waals surface area (Å²) in [6.07, 6.45) is 0.957. The Morgan fingerprint density at radius 2 is 1.87 bits per heavy atom. The van der Waals surface area contributed by atoms with Crippen molar-refractivity contribution >= 4 is 27.6 Å². The van der Waals surface area contributed by atoms with Crippen molar-refractivity contribution in [3.05, 3.63) is 23.8 Å². The van der Waals surface area contributed by atoms with E-state index in [0.29, 0.717) is 30.5 Å². The van der Waals surface area contributed by atoms with Crippen molar-refractivity contribution in [1.29, 1.82) is 0 Å². The molecule has 2 fully saturated rings. The number of anilines is 1. The number of amides is 1. The Labute approximate surface area is 177 Å². The maximum Gasteiger partial charge on any atom is 0.410 e. The molecule has 1 aliphatic carbocycles. The zero-order valence-corrected chi connectivity index (χ0v) is 18.7. The maximum absolute atomic E-state index is 13.1. The standard InChI is InChI=1S/C21H30N2O6S/c1-5-28-19(24)15-10-11-23(20(25)29-21(2,3)4)18(15)16-12-13(22)6-9-17(16)30(26,27)14-7-8-14/h6,9,12,14-15,18H,5,7-8,10-11,22H2,1-4H3/t15-,18?/m0/s1. The van der Waals surface area contributed by atoms with Crippen molar-refractivity contribution in [3.63, 3.8) is 0 Å². The van der Waals surface area contributed by atoms with Crippen molar-refractivity contribution in [1.82, 2.24) is 4.90 Å². The zero-order chi connectivity index (χ0) is 22.3. The van der Waals surface area contributed by atoms with Gasteiger partial charge in [0, 0.05) is 12.2 Å². The predicted molar refractivity (Wildman–Crippen MR) is 111 cm³/mol. The van der Waals surface area contributed by atoms with Crippen LogP contribution in [0.25, 0.3) is 0 Å². The number of nitrogen functional groups attached to an aromatic ring is 1. The first-order valence-corrected chi connectivity index (χ1v) is 11.8. The molecule has 0 spiro atoms. The summed E-state index contributed by atoms with van der Waals surface area (Å²) in [6, 6.07) is 3.73. The average Bonchev–Trinajstić information content (AvgIpc) is 3.39. The van der Waals surface area contributed by atoms with Crippen molar-refractivity contribution in [2.75, 3.05) is 18.9 Å². The fourth-order valence-electron chi connectivity index (χ4n) is 3.81. The largest absolute Gasteiger partial charge is 0.466 e. The van der Waals surface area contributed by atoms with Crippen LogP contribution in [0.15, 0.2) is 23.1 Å². The molecule has 1 aromatic rings. The first-order valence-electron chi connectivity index (χ1n) is 10.2. The molecule has 1 aromatic carbocycles. The third-order valence-corrected chi connectivity index (χ3v) is 7.57. The summed E-state index contributed by atoms with van der Waals surface area (Å²) in [5.74, 6) is -1.17. The highest BCUT2D eigenvalue weighted by atomic mass is 32.2. The lowest BCUT2D eigenvalue weighted by Crippen LogP contribution is -2.39. The molecule has 1 saturated carbocycles. The van der Waals surface area contributed by atoms with E-state index in [1.54, 1.807) is 33.8 Å². The second-order valence-corrected chi connectivity index (χ2v) is 11.0. The summed E-state index contributed by atoms with van der Waals surface area (Å²) in [6.45, 7) is 7.41. The van der Waals surface area contributed by atoms with Crippen LogP contribution in [-0.4, -0.2) is 49.4 Å². The molecule has 3 rings (SSSR count). The molecule has 1 amide bonds. The summed E-state index contributed by atoms with van der Waals surface area (Å²) >= 11 is 0. The summed E-state index contributed by atoms with van der Waals surface area (Å²) < 4.78 is 37.0. The van der Waals surface area contributed by atoms with Crippen molar-refractivity contribution < 1.29 is 27.5 Å². The van der Waals surface area contributed by atoms with Gasteiger partial charge in [-0.3, -0.25) is 4.79 Å². The quantitative estimate of drug-likeness (QED) is 0.555. The number of sulfone groups is 1. The van der Waals surface area contributed by atoms with E-state index < -0.39 is 44.7 Å². The SMILES string of the molecule is CCOC(=O)[C@H]1CCN(C(=O)OC(C)(C)C)C1c1cc(N)ccc1S(=O)(=O)C1CC1. The van der Waals surface area contributed by atoms with Gasteiger partial charge in [0.15, 0.2) is 9.84 Å². The van der Waals surface area contributed by atoms with Crippen molar-refractivity contribution in [2.24, 2.45) is 5.92 Å². The Morgan fingerprint density at radius 3 is 2.43 bits per heavy atom. The molecule has 0 aromatic heterocycles. The molecule has 30 heavy (non-hydrogen) atoms. The van der Waals surface area contributed by atoms with Gasteiger partial charge in [-0.05, 0) is 70.7 Å². The zero-order valence-electron chi connectivity index (χ0n) is 17.9. The van der Waals surface area contributed by atoms with Gasteiger partial charge in [0.05, 0.1) is 28.7 Å². The first-order chi connectivity index (χ1) is 14.0. The summed E-state index contributed by atoms with van der Waals surface area (Å²) in [7, 11) is -3.58. The third-order valence-electron chi connectivity index (χ3n) is 5.24. The van der Waals surface area contributed by atoms with Gasteiger partial charge in [0.2, 0.25) is 0 Å². The van der Waals surface area contributed by atoms with Gasteiger partial charge in [0.25, 0.3) is 0 Å². The molecule has 0 bridgehead atoms. The number of rotatable bonds is 5. The Hall–Kier alpha value is -2.29. The molecule has 2 N–H and O–H groups in total. The van der Waals surface area contributed by atoms with Crippen LogP contribution in [0.4, 0.5) is 10.5 Å². The minimum absolute atomic E-state index is 0.119. The smallest absolute Gasteiger partial charge is 0.410 e. The number of hydrogen-bond donors (Lipinski definition) is 1. The Morgan fingerprint density at radius 1 is 1.20 bits per heavy atom. The van der Waals surface area contributed by atoms with E-state index >= 15 is 0 Å². The minimum Gasteiger partial charge on any atom is -0.466 e. The van der Waals surface area contributed by atoms with Crippen LogP contribution in [0.2, 0.25) is 0 Å². The van der Waals surface area contributed by atoms with E-state index in [2.05, 4.69) is 0 Å². The van der Waals surface area contributed by atoms with Gasteiger partial charge < -0.3 is 20.1 Å². The molecule has 2 aliphatic rings. The molecule has 9 heteroatoms. The summed E-state index contributed by atoms with van der Waals surface area (Å²) in [5.41, 5.74) is 5.96. The minimum atomic E-state index is -3.58. The molecule has 2 atom stereocenters. The summed E-state index contributed by atoms with van der Waals surface area (Å²) in [4.78, 5) is 27.2. The number of likely N-dealkylation sites (tertiary alicyclic amines) is 1. The normalized spacial score (nSPS) is 22.1. The van der Waals surface area contributed by atoms with E-state index in [-0.39, 0.29) is 18.0 Å². The van der Waals surface area contributed by atoms with Crippen LogP contribution in [0.5, 0.6) is 0 Å². The molecule has 1 unspecified atom stereocenters. The lowest BCUT2D eigenvalue weighted by molar-refractivity contribution is -0.148. The van der Waals surface area contributed by atoms with Crippen molar-refractivity contribution in [3.8, 4) is 0 Å². The predicted octanol–water partition coefficient (Wildman–Crippen LogP) is 3.07. The molecular formula is C21H30N2O6S. The molecule has 1 saturated heterocycles. The van der Waals surface area contributed by atoms with Gasteiger partial charge in [-0.2, -0.15) is 0 Å². The van der Waals surface area contributed by atoms with Crippen LogP contribution >= 0.6 is 0 Å². The number of carbonyl (C=O) groups is 2. The van der Waals surface area contributed by atoms with Gasteiger partial charge in [-0.15, -0.1) is 0 Å². The number of benzene rings is 1. The third kappa shape index (κ3) is 4.55. The number of nitrogens with zero attached hydrogens (tertiary/aromatic N) is 1. The van der Waals surface area contributed by atoms with Gasteiger partial charge >= 0.3 is 12.1 Å². The highest BCUT2D eigenvalue weighted by Gasteiger charge is 2.47. The number of ether oxygens (including phenoxy) is 2. The summed E-state index contributed by atoms with van der Waals surface area (Å²) in [5, 5.41) is -0.433. The maximum atomic E-state index is 13.1. The number of esters is 1. The monoisotopic (exact) mass is 438 g/mol. The molecule has 8 nitrogen and oxygen atoms in total. The van der Waals surface area contributed by atoms with E-state index in [0.717, 1.165) is 0 Å². The highest BCUT2D eigenvalue weighted by Crippen LogP contribution is 2.44.